The molecular weight excluding hydrogens is 634 g/mol. The molecule has 2 heterocycles. The second-order valence-corrected chi connectivity index (χ2v) is 14.3. The van der Waals surface area contributed by atoms with Crippen LogP contribution in [0.4, 0.5) is 0 Å². The molecule has 10 nitrogen and oxygen atoms in total. The first-order valence-corrected chi connectivity index (χ1v) is 17.0. The van der Waals surface area contributed by atoms with E-state index >= 15 is 0 Å². The first kappa shape index (κ1) is 36.2. The van der Waals surface area contributed by atoms with E-state index in [1.165, 1.54) is 0 Å². The van der Waals surface area contributed by atoms with E-state index < -0.39 is 11.6 Å². The lowest BCUT2D eigenvalue weighted by atomic mass is 9.87. The van der Waals surface area contributed by atoms with Gasteiger partial charge in [0.1, 0.15) is 11.8 Å². The van der Waals surface area contributed by atoms with Crippen LogP contribution in [0.15, 0.2) is 84.9 Å². The predicted molar refractivity (Wildman–Crippen MR) is 192 cm³/mol. The van der Waals surface area contributed by atoms with E-state index in [-0.39, 0.29) is 30.3 Å². The van der Waals surface area contributed by atoms with Gasteiger partial charge in [0, 0.05) is 24.6 Å². The zero-order chi connectivity index (χ0) is 35.7. The molecular formula is C40H47N3O7. The summed E-state index contributed by atoms with van der Waals surface area (Å²) in [6.45, 7) is 10.8. The third-order valence-corrected chi connectivity index (χ3v) is 8.27. The third-order valence-electron chi connectivity index (χ3n) is 8.27. The zero-order valence-electron chi connectivity index (χ0n) is 29.5. The van der Waals surface area contributed by atoms with Crippen molar-refractivity contribution < 1.29 is 33.7 Å². The molecule has 0 spiro atoms. The van der Waals surface area contributed by atoms with Gasteiger partial charge in [0.2, 0.25) is 25.0 Å². The third kappa shape index (κ3) is 10.2. The summed E-state index contributed by atoms with van der Waals surface area (Å²) in [6, 6.07) is 25.6. The summed E-state index contributed by atoms with van der Waals surface area (Å²) in [5.74, 6) is 1.81. The number of amides is 2. The van der Waals surface area contributed by atoms with Crippen molar-refractivity contribution in [1.29, 1.82) is 0 Å². The molecule has 4 aromatic rings. The Morgan fingerprint density at radius 2 is 1.66 bits per heavy atom. The van der Waals surface area contributed by atoms with Gasteiger partial charge in [-0.05, 0) is 92.5 Å². The molecule has 1 aliphatic rings. The molecule has 2 amide bonds. The highest BCUT2D eigenvalue weighted by molar-refractivity contribution is 5.83. The van der Waals surface area contributed by atoms with Crippen LogP contribution in [0.2, 0.25) is 0 Å². The maximum absolute atomic E-state index is 13.5. The van der Waals surface area contributed by atoms with Crippen LogP contribution in [-0.2, 0) is 20.8 Å². The first-order valence-electron chi connectivity index (χ1n) is 17.0. The second-order valence-electron chi connectivity index (χ2n) is 14.3. The Labute approximate surface area is 294 Å². The highest BCUT2D eigenvalue weighted by atomic mass is 16.7. The summed E-state index contributed by atoms with van der Waals surface area (Å²) in [6.07, 6.45) is 3.30. The van der Waals surface area contributed by atoms with Crippen LogP contribution >= 0.6 is 0 Å². The summed E-state index contributed by atoms with van der Waals surface area (Å²) in [5.41, 5.74) is 3.66. The number of carbonyl (C=O) groups is 2. The molecule has 1 atom stereocenters. The van der Waals surface area contributed by atoms with Gasteiger partial charge in [0.15, 0.2) is 11.5 Å². The number of fused-ring (bicyclic) bond motifs is 1. The predicted octanol–water partition coefficient (Wildman–Crippen LogP) is 7.34. The normalized spacial score (nSPS) is 13.1. The van der Waals surface area contributed by atoms with Crippen molar-refractivity contribution in [3.8, 4) is 45.5 Å². The lowest BCUT2D eigenvalue weighted by Gasteiger charge is -2.33. The topological polar surface area (TPSA) is 119 Å². The number of nitrogens with zero attached hydrogens (tertiary/aromatic N) is 2. The Kier molecular flexibility index (Phi) is 11.6. The van der Waals surface area contributed by atoms with Gasteiger partial charge in [-0.1, -0.05) is 62.4 Å². The van der Waals surface area contributed by atoms with Crippen molar-refractivity contribution in [2.75, 3.05) is 19.9 Å². The minimum atomic E-state index is -0.887. The number of hydrogen-bond donors (Lipinski definition) is 2. The van der Waals surface area contributed by atoms with Crippen molar-refractivity contribution in [2.45, 2.75) is 71.9 Å². The fourth-order valence-electron chi connectivity index (χ4n) is 5.62. The number of rotatable bonds is 16. The lowest BCUT2D eigenvalue weighted by molar-refractivity contribution is -0.231. The van der Waals surface area contributed by atoms with Crippen molar-refractivity contribution in [2.24, 2.45) is 5.41 Å². The molecule has 0 saturated carbocycles. The Morgan fingerprint density at radius 1 is 0.920 bits per heavy atom. The fourth-order valence-corrected chi connectivity index (χ4v) is 5.62. The number of pyridine rings is 1. The van der Waals surface area contributed by atoms with E-state index in [4.69, 9.17) is 24.0 Å². The van der Waals surface area contributed by atoms with Crippen molar-refractivity contribution >= 4 is 12.3 Å². The first-order chi connectivity index (χ1) is 23.9. The molecule has 264 valence electrons. The number of phenolic OH excluding ortho intramolecular Hbond substituents is 1. The molecule has 0 saturated heterocycles. The molecule has 1 aliphatic heterocycles. The lowest BCUT2D eigenvalue weighted by Crippen LogP contribution is -2.51. The summed E-state index contributed by atoms with van der Waals surface area (Å²) < 4.78 is 17.3. The van der Waals surface area contributed by atoms with E-state index in [1.54, 1.807) is 24.3 Å². The summed E-state index contributed by atoms with van der Waals surface area (Å²) in [7, 11) is 0. The second kappa shape index (κ2) is 16.1. The van der Waals surface area contributed by atoms with Crippen LogP contribution < -0.4 is 19.5 Å². The van der Waals surface area contributed by atoms with Crippen LogP contribution in [0.1, 0.15) is 59.4 Å². The number of benzene rings is 3. The highest BCUT2D eigenvalue weighted by Crippen LogP contribution is 2.37. The zero-order valence-corrected chi connectivity index (χ0v) is 29.5. The molecule has 1 unspecified atom stereocenters. The minimum Gasteiger partial charge on any atom is -0.508 e. The number of hydroxylamine groups is 2. The Hall–Kier alpha value is -5.09. The number of unbranched alkanes of at least 4 members (excludes halogenated alkanes) is 1. The van der Waals surface area contributed by atoms with Crippen LogP contribution in [0.25, 0.3) is 22.4 Å². The molecule has 0 radical (unpaired) electrons. The molecule has 3 aromatic carbocycles. The molecule has 0 fully saturated rings. The number of carbonyl (C=O) groups excluding carboxylic acids is 2. The number of nitrogens with one attached hydrogen (secondary N) is 1. The van der Waals surface area contributed by atoms with E-state index in [0.29, 0.717) is 31.2 Å². The van der Waals surface area contributed by atoms with Gasteiger partial charge < -0.3 is 24.6 Å². The SMILES string of the molecule is CC(C)(CCCCOc1cc(-c2ccc3c(c2)OCO3)cc(-c2ccccc2)n1)CNC(=O)C(Cc1ccc(O)cc1)N(C=O)OC(C)(C)C. The van der Waals surface area contributed by atoms with E-state index in [2.05, 4.69) is 25.2 Å². The average molecular weight is 682 g/mol. The standard InChI is InChI=1S/C40H47N3O7/c1-39(2,3)50-43(26-44)34(21-28-13-16-32(45)17-14-28)38(46)41-25-40(4,5)19-9-10-20-47-37-24-31(22-33(42-37)29-11-7-6-8-12-29)30-15-18-35-36(23-30)49-27-48-35/h6-8,11-18,22-24,26,34,45H,9-10,19-21,25,27H2,1-5H3,(H,41,46). The van der Waals surface area contributed by atoms with Crippen molar-refractivity contribution in [1.82, 2.24) is 15.4 Å². The van der Waals surface area contributed by atoms with Crippen LogP contribution in [-0.4, -0.2) is 59.1 Å². The number of hydrogen-bond acceptors (Lipinski definition) is 8. The summed E-state index contributed by atoms with van der Waals surface area (Å²) in [4.78, 5) is 36.2. The quantitative estimate of drug-likeness (QED) is 0.0717. The average Bonchev–Trinajstić information content (AvgIpc) is 3.57. The Balaban J connectivity index is 1.17. The van der Waals surface area contributed by atoms with Gasteiger partial charge in [-0.3, -0.25) is 14.4 Å². The number of ether oxygens (including phenoxy) is 3. The molecule has 2 N–H and O–H groups in total. The van der Waals surface area contributed by atoms with Gasteiger partial charge in [-0.15, -0.1) is 0 Å². The molecule has 0 bridgehead atoms. The maximum Gasteiger partial charge on any atom is 0.245 e. The monoisotopic (exact) mass is 681 g/mol. The fraction of sp³-hybridized carbons (Fsp3) is 0.375. The summed E-state index contributed by atoms with van der Waals surface area (Å²) >= 11 is 0. The van der Waals surface area contributed by atoms with Gasteiger partial charge in [0.05, 0.1) is 17.9 Å². The maximum atomic E-state index is 13.5. The largest absolute Gasteiger partial charge is 0.508 e. The van der Waals surface area contributed by atoms with E-state index in [1.807, 2.05) is 75.4 Å². The van der Waals surface area contributed by atoms with Gasteiger partial charge >= 0.3 is 0 Å². The Morgan fingerprint density at radius 3 is 2.38 bits per heavy atom. The Bertz CT molecular complexity index is 1740. The van der Waals surface area contributed by atoms with Gasteiger partial charge in [0.25, 0.3) is 0 Å². The molecule has 5 rings (SSSR count). The molecule has 10 heteroatoms. The highest BCUT2D eigenvalue weighted by Gasteiger charge is 2.31. The van der Waals surface area contributed by atoms with E-state index in [9.17, 15) is 14.7 Å². The summed E-state index contributed by atoms with van der Waals surface area (Å²) in [5, 5.41) is 13.8. The van der Waals surface area contributed by atoms with Gasteiger partial charge in [-0.25, -0.2) is 10.0 Å². The van der Waals surface area contributed by atoms with Crippen LogP contribution in [0, 0.1) is 5.41 Å². The molecule has 0 aliphatic carbocycles. The number of aromatic hydroxyl groups is 1. The molecule has 50 heavy (non-hydrogen) atoms. The smallest absolute Gasteiger partial charge is 0.245 e. The minimum absolute atomic E-state index is 0.128. The van der Waals surface area contributed by atoms with E-state index in [0.717, 1.165) is 58.0 Å². The number of aromatic nitrogens is 1. The molecule has 1 aromatic heterocycles. The van der Waals surface area contributed by atoms with Crippen LogP contribution in [0.3, 0.4) is 0 Å². The van der Waals surface area contributed by atoms with Crippen molar-refractivity contribution in [3.63, 3.8) is 0 Å². The number of phenols is 1. The van der Waals surface area contributed by atoms with Crippen molar-refractivity contribution in [3.05, 3.63) is 90.5 Å². The van der Waals surface area contributed by atoms with Gasteiger partial charge in [-0.2, -0.15) is 0 Å². The van der Waals surface area contributed by atoms with Crippen LogP contribution in [0.5, 0.6) is 23.1 Å².